The van der Waals surface area contributed by atoms with Crippen molar-refractivity contribution in [3.8, 4) is 0 Å². The van der Waals surface area contributed by atoms with Gasteiger partial charge in [-0.15, -0.1) is 0 Å². The van der Waals surface area contributed by atoms with Crippen molar-refractivity contribution >= 4 is 34.2 Å². The van der Waals surface area contributed by atoms with Crippen LogP contribution in [0.25, 0.3) is 11.1 Å². The van der Waals surface area contributed by atoms with Crippen LogP contribution < -0.4 is 16.4 Å². The first-order chi connectivity index (χ1) is 10.3. The first-order valence-corrected chi connectivity index (χ1v) is 6.92. The van der Waals surface area contributed by atoms with E-state index < -0.39 is 0 Å². The molecule has 1 aromatic carbocycles. The van der Waals surface area contributed by atoms with E-state index in [1.807, 2.05) is 30.3 Å². The van der Waals surface area contributed by atoms with Crippen LogP contribution >= 0.6 is 0 Å². The van der Waals surface area contributed by atoms with Gasteiger partial charge in [-0.2, -0.15) is 4.98 Å². The monoisotopic (exact) mass is 281 g/mol. The number of nitrogen functional groups attached to an aromatic ring is 1. The van der Waals surface area contributed by atoms with Crippen molar-refractivity contribution in [3.63, 3.8) is 0 Å². The Bertz CT molecular complexity index is 776. The van der Waals surface area contributed by atoms with Gasteiger partial charge in [0.1, 0.15) is 5.52 Å². The molecule has 0 spiro atoms. The predicted octanol–water partition coefficient (Wildman–Crippen LogP) is 3.12. The number of fused-ring (bicyclic) bond motifs is 1. The maximum Gasteiger partial charge on any atom is 0.229 e. The van der Waals surface area contributed by atoms with Crippen LogP contribution in [0.2, 0.25) is 0 Å². The lowest BCUT2D eigenvalue weighted by molar-refractivity contribution is 0.614. The largest absolute Gasteiger partial charge is 0.459 e. The smallest absolute Gasteiger partial charge is 0.229 e. The summed E-state index contributed by atoms with van der Waals surface area (Å²) >= 11 is 0. The Kier molecular flexibility index (Phi) is 2.67. The van der Waals surface area contributed by atoms with Crippen molar-refractivity contribution < 1.29 is 4.42 Å². The second-order valence-electron chi connectivity index (χ2n) is 5.20. The third-order valence-electron chi connectivity index (χ3n) is 3.39. The van der Waals surface area contributed by atoms with Crippen molar-refractivity contribution in [2.75, 3.05) is 16.4 Å². The average molecular weight is 281 g/mol. The van der Waals surface area contributed by atoms with Crippen LogP contribution in [0.4, 0.5) is 23.1 Å². The molecule has 0 amide bonds. The molecule has 0 unspecified atom stereocenters. The van der Waals surface area contributed by atoms with Gasteiger partial charge in [0.2, 0.25) is 5.95 Å². The maximum atomic E-state index is 5.69. The molecule has 2 aromatic heterocycles. The Morgan fingerprint density at radius 2 is 1.90 bits per heavy atom. The third kappa shape index (κ3) is 2.47. The molecular formula is C15H15N5O. The van der Waals surface area contributed by atoms with Gasteiger partial charge >= 0.3 is 0 Å². The highest BCUT2D eigenvalue weighted by Gasteiger charge is 2.23. The van der Waals surface area contributed by atoms with Crippen molar-refractivity contribution in [1.82, 2.24) is 9.97 Å². The van der Waals surface area contributed by atoms with E-state index in [0.29, 0.717) is 17.6 Å². The molecule has 1 aliphatic rings. The summed E-state index contributed by atoms with van der Waals surface area (Å²) in [5.41, 5.74) is 8.79. The maximum absolute atomic E-state index is 5.69. The summed E-state index contributed by atoms with van der Waals surface area (Å²) in [7, 11) is 0. The van der Waals surface area contributed by atoms with Crippen LogP contribution in [0.1, 0.15) is 12.8 Å². The van der Waals surface area contributed by atoms with E-state index >= 15 is 0 Å². The van der Waals surface area contributed by atoms with Gasteiger partial charge in [-0.05, 0) is 37.1 Å². The first-order valence-electron chi connectivity index (χ1n) is 6.92. The summed E-state index contributed by atoms with van der Waals surface area (Å²) in [4.78, 5) is 8.97. The van der Waals surface area contributed by atoms with Crippen LogP contribution in [0.3, 0.4) is 0 Å². The molecule has 0 bridgehead atoms. The lowest BCUT2D eigenvalue weighted by atomic mass is 10.3. The molecular weight excluding hydrogens is 266 g/mol. The number of nitrogens with two attached hydrogens (primary N) is 1. The van der Waals surface area contributed by atoms with Gasteiger partial charge in [-0.3, -0.25) is 0 Å². The summed E-state index contributed by atoms with van der Waals surface area (Å²) in [6.45, 7) is 0. The minimum Gasteiger partial charge on any atom is -0.459 e. The Hall–Kier alpha value is -2.76. The van der Waals surface area contributed by atoms with Crippen LogP contribution in [-0.2, 0) is 0 Å². The van der Waals surface area contributed by atoms with E-state index in [1.54, 1.807) is 6.26 Å². The lowest BCUT2D eigenvalue weighted by Gasteiger charge is -2.08. The second-order valence-corrected chi connectivity index (χ2v) is 5.20. The molecule has 0 atom stereocenters. The molecule has 0 aliphatic heterocycles. The molecule has 21 heavy (non-hydrogen) atoms. The predicted molar refractivity (Wildman–Crippen MR) is 82.6 cm³/mol. The molecule has 0 saturated heterocycles. The Morgan fingerprint density at radius 1 is 1.10 bits per heavy atom. The van der Waals surface area contributed by atoms with Gasteiger partial charge in [0.05, 0.1) is 6.26 Å². The Morgan fingerprint density at radius 3 is 2.67 bits per heavy atom. The van der Waals surface area contributed by atoms with Crippen LogP contribution in [0.15, 0.2) is 41.0 Å². The quantitative estimate of drug-likeness (QED) is 0.637. The van der Waals surface area contributed by atoms with Crippen molar-refractivity contribution in [1.29, 1.82) is 0 Å². The van der Waals surface area contributed by atoms with Gasteiger partial charge in [0, 0.05) is 23.5 Å². The first kappa shape index (κ1) is 12.0. The highest BCUT2D eigenvalue weighted by atomic mass is 16.3. The van der Waals surface area contributed by atoms with Crippen molar-refractivity contribution in [2.45, 2.75) is 18.9 Å². The number of hydrogen-bond acceptors (Lipinski definition) is 6. The second kappa shape index (κ2) is 4.66. The fraction of sp³-hybridized carbons (Fsp3) is 0.200. The fourth-order valence-electron chi connectivity index (χ4n) is 2.13. The van der Waals surface area contributed by atoms with Crippen molar-refractivity contribution in [3.05, 3.63) is 36.6 Å². The standard InChI is InChI=1S/C15H15N5O/c16-9-1-3-11(4-2-9)18-15-19-12-7-8-21-13(12)14(20-15)17-10-5-6-10/h1-4,7-8,10H,5-6,16H2,(H2,17,18,19,20). The summed E-state index contributed by atoms with van der Waals surface area (Å²) < 4.78 is 5.47. The van der Waals surface area contributed by atoms with Crippen LogP contribution in [0.5, 0.6) is 0 Å². The minimum absolute atomic E-state index is 0.498. The van der Waals surface area contributed by atoms with E-state index in [9.17, 15) is 0 Å². The lowest BCUT2D eigenvalue weighted by Crippen LogP contribution is -2.06. The van der Waals surface area contributed by atoms with Gasteiger partial charge in [-0.25, -0.2) is 4.98 Å². The Labute approximate surface area is 121 Å². The highest BCUT2D eigenvalue weighted by molar-refractivity contribution is 5.85. The zero-order valence-corrected chi connectivity index (χ0v) is 11.3. The van der Waals surface area contributed by atoms with E-state index in [-0.39, 0.29) is 0 Å². The fourth-order valence-corrected chi connectivity index (χ4v) is 2.13. The topological polar surface area (TPSA) is 89.0 Å². The molecule has 2 heterocycles. The molecule has 0 radical (unpaired) electrons. The molecule has 1 saturated carbocycles. The highest BCUT2D eigenvalue weighted by Crippen LogP contribution is 2.29. The SMILES string of the molecule is Nc1ccc(Nc2nc(NC3CC3)c3occc3n2)cc1. The van der Waals surface area contributed by atoms with Gasteiger partial charge in [0.25, 0.3) is 0 Å². The minimum atomic E-state index is 0.498. The number of benzene rings is 1. The number of nitrogens with zero attached hydrogens (tertiary/aromatic N) is 2. The van der Waals surface area contributed by atoms with Gasteiger partial charge in [0.15, 0.2) is 11.4 Å². The molecule has 6 heteroatoms. The molecule has 3 aromatic rings. The number of nitrogens with one attached hydrogen (secondary N) is 2. The number of rotatable bonds is 4. The molecule has 1 fully saturated rings. The van der Waals surface area contributed by atoms with Gasteiger partial charge < -0.3 is 20.8 Å². The van der Waals surface area contributed by atoms with E-state index in [2.05, 4.69) is 20.6 Å². The summed E-state index contributed by atoms with van der Waals surface area (Å²) in [6.07, 6.45) is 3.98. The third-order valence-corrected chi connectivity index (χ3v) is 3.39. The molecule has 4 rings (SSSR count). The van der Waals surface area contributed by atoms with Crippen molar-refractivity contribution in [2.24, 2.45) is 0 Å². The Balaban J connectivity index is 1.68. The molecule has 1 aliphatic carbocycles. The van der Waals surface area contributed by atoms with E-state index in [1.165, 1.54) is 12.8 Å². The molecule has 6 nitrogen and oxygen atoms in total. The average Bonchev–Trinajstić information content (AvgIpc) is 3.16. The molecule has 106 valence electrons. The summed E-state index contributed by atoms with van der Waals surface area (Å²) in [6, 6.07) is 9.80. The zero-order valence-electron chi connectivity index (χ0n) is 11.3. The number of furan rings is 1. The summed E-state index contributed by atoms with van der Waals surface area (Å²) in [5.74, 6) is 1.28. The molecule has 4 N–H and O–H groups in total. The number of anilines is 4. The zero-order chi connectivity index (χ0) is 14.2. The van der Waals surface area contributed by atoms with Crippen LogP contribution in [0, 0.1) is 0 Å². The summed E-state index contributed by atoms with van der Waals surface area (Å²) in [5, 5.41) is 6.56. The van der Waals surface area contributed by atoms with Crippen LogP contribution in [-0.4, -0.2) is 16.0 Å². The van der Waals surface area contributed by atoms with E-state index in [4.69, 9.17) is 10.2 Å². The van der Waals surface area contributed by atoms with Gasteiger partial charge in [-0.1, -0.05) is 0 Å². The van der Waals surface area contributed by atoms with E-state index in [0.717, 1.165) is 22.7 Å². The number of hydrogen-bond donors (Lipinski definition) is 3. The number of aromatic nitrogens is 2. The normalized spacial score (nSPS) is 14.3.